The summed E-state index contributed by atoms with van der Waals surface area (Å²) in [5.41, 5.74) is 2.02. The van der Waals surface area contributed by atoms with Crippen molar-refractivity contribution in [2.45, 2.75) is 33.4 Å². The average molecular weight is 353 g/mol. The van der Waals surface area contributed by atoms with Crippen LogP contribution < -0.4 is 10.1 Å². The average Bonchev–Trinajstić information content (AvgIpc) is 2.42. The number of pyridine rings is 1. The predicted molar refractivity (Wildman–Crippen MR) is 85.1 cm³/mol. The zero-order chi connectivity index (χ0) is 15.4. The van der Waals surface area contributed by atoms with Crippen LogP contribution in [0.2, 0.25) is 0 Å². The molecule has 0 atom stereocenters. The van der Waals surface area contributed by atoms with E-state index in [0.29, 0.717) is 22.1 Å². The highest BCUT2D eigenvalue weighted by molar-refractivity contribution is 9.10. The van der Waals surface area contributed by atoms with Gasteiger partial charge in [0.1, 0.15) is 11.6 Å². The molecule has 1 aromatic carbocycles. The number of nitrogens with one attached hydrogen (secondary N) is 1. The second-order valence-electron chi connectivity index (χ2n) is 5.11. The maximum absolute atomic E-state index is 13.2. The van der Waals surface area contributed by atoms with E-state index in [1.807, 2.05) is 13.0 Å². The van der Waals surface area contributed by atoms with Crippen molar-refractivity contribution >= 4 is 15.9 Å². The van der Waals surface area contributed by atoms with E-state index in [1.54, 1.807) is 12.1 Å². The molecular weight excluding hydrogens is 335 g/mol. The quantitative estimate of drug-likeness (QED) is 0.854. The number of rotatable bonds is 5. The third-order valence-corrected chi connectivity index (χ3v) is 3.63. The van der Waals surface area contributed by atoms with E-state index in [-0.39, 0.29) is 5.82 Å². The van der Waals surface area contributed by atoms with Crippen LogP contribution in [0.25, 0.3) is 0 Å². The maximum Gasteiger partial charge on any atom is 0.219 e. The summed E-state index contributed by atoms with van der Waals surface area (Å²) >= 11 is 3.33. The van der Waals surface area contributed by atoms with Crippen molar-refractivity contribution in [3.8, 4) is 11.6 Å². The molecule has 0 amide bonds. The molecule has 0 spiro atoms. The van der Waals surface area contributed by atoms with E-state index in [9.17, 15) is 4.39 Å². The van der Waals surface area contributed by atoms with Gasteiger partial charge in [-0.15, -0.1) is 0 Å². The molecule has 0 radical (unpaired) electrons. The Kier molecular flexibility index (Phi) is 5.31. The van der Waals surface area contributed by atoms with E-state index in [1.165, 1.54) is 12.1 Å². The number of benzene rings is 1. The van der Waals surface area contributed by atoms with Crippen molar-refractivity contribution in [1.82, 2.24) is 10.3 Å². The molecule has 0 aliphatic heterocycles. The van der Waals surface area contributed by atoms with Gasteiger partial charge < -0.3 is 10.1 Å². The summed E-state index contributed by atoms with van der Waals surface area (Å²) in [5.74, 6) is 0.518. The Labute approximate surface area is 132 Å². The first-order valence-electron chi connectivity index (χ1n) is 6.78. The molecule has 1 aromatic heterocycles. The highest BCUT2D eigenvalue weighted by atomic mass is 79.9. The van der Waals surface area contributed by atoms with Gasteiger partial charge in [-0.3, -0.25) is 0 Å². The third-order valence-electron chi connectivity index (χ3n) is 2.98. The van der Waals surface area contributed by atoms with Crippen LogP contribution in [0.5, 0.6) is 11.6 Å². The summed E-state index contributed by atoms with van der Waals surface area (Å²) in [6.45, 7) is 6.90. The lowest BCUT2D eigenvalue weighted by atomic mass is 10.2. The molecule has 0 saturated heterocycles. The highest BCUT2D eigenvalue weighted by Crippen LogP contribution is 2.29. The van der Waals surface area contributed by atoms with Crippen molar-refractivity contribution in [2.75, 3.05) is 0 Å². The zero-order valence-electron chi connectivity index (χ0n) is 12.3. The van der Waals surface area contributed by atoms with E-state index in [2.05, 4.69) is 40.1 Å². The monoisotopic (exact) mass is 352 g/mol. The minimum absolute atomic E-state index is 0.345. The summed E-state index contributed by atoms with van der Waals surface area (Å²) in [6.07, 6.45) is 0. The van der Waals surface area contributed by atoms with Gasteiger partial charge in [0, 0.05) is 30.4 Å². The van der Waals surface area contributed by atoms with E-state index < -0.39 is 0 Å². The number of halogens is 2. The first-order chi connectivity index (χ1) is 9.95. The van der Waals surface area contributed by atoms with Gasteiger partial charge in [0.25, 0.3) is 0 Å². The molecule has 0 aliphatic carbocycles. The van der Waals surface area contributed by atoms with Crippen LogP contribution in [0.3, 0.4) is 0 Å². The molecule has 0 bridgehead atoms. The van der Waals surface area contributed by atoms with Crippen LogP contribution in [-0.2, 0) is 6.54 Å². The smallest absolute Gasteiger partial charge is 0.219 e. The Balaban J connectivity index is 2.14. The summed E-state index contributed by atoms with van der Waals surface area (Å²) in [5, 5.41) is 3.35. The van der Waals surface area contributed by atoms with Crippen LogP contribution in [0.4, 0.5) is 4.39 Å². The zero-order valence-corrected chi connectivity index (χ0v) is 13.9. The normalized spacial score (nSPS) is 11.0. The fourth-order valence-corrected chi connectivity index (χ4v) is 2.12. The maximum atomic E-state index is 13.2. The molecule has 5 heteroatoms. The molecule has 0 unspecified atom stereocenters. The van der Waals surface area contributed by atoms with Crippen LogP contribution in [-0.4, -0.2) is 11.0 Å². The first-order valence-corrected chi connectivity index (χ1v) is 7.58. The number of ether oxygens (including phenoxy) is 1. The fourth-order valence-electron chi connectivity index (χ4n) is 1.79. The molecule has 1 N–H and O–H groups in total. The topological polar surface area (TPSA) is 34.1 Å². The molecule has 3 nitrogen and oxygen atoms in total. The minimum Gasteiger partial charge on any atom is -0.438 e. The number of hydrogen-bond donors (Lipinski definition) is 1. The van der Waals surface area contributed by atoms with Crippen molar-refractivity contribution in [3.63, 3.8) is 0 Å². The summed E-state index contributed by atoms with van der Waals surface area (Å²) in [4.78, 5) is 4.41. The van der Waals surface area contributed by atoms with Gasteiger partial charge in [0.15, 0.2) is 0 Å². The number of nitrogens with zero attached hydrogens (tertiary/aromatic N) is 1. The molecule has 2 aromatic rings. The van der Waals surface area contributed by atoms with Crippen molar-refractivity contribution in [1.29, 1.82) is 0 Å². The molecule has 2 rings (SSSR count). The molecule has 1 heterocycles. The Morgan fingerprint density at radius 2 is 2.05 bits per heavy atom. The van der Waals surface area contributed by atoms with Crippen molar-refractivity contribution in [2.24, 2.45) is 0 Å². The summed E-state index contributed by atoms with van der Waals surface area (Å²) < 4.78 is 19.6. The third kappa shape index (κ3) is 4.51. The van der Waals surface area contributed by atoms with Gasteiger partial charge in [-0.2, -0.15) is 0 Å². The summed E-state index contributed by atoms with van der Waals surface area (Å²) in [7, 11) is 0. The van der Waals surface area contributed by atoms with E-state index >= 15 is 0 Å². The van der Waals surface area contributed by atoms with Crippen LogP contribution in [0, 0.1) is 12.7 Å². The van der Waals surface area contributed by atoms with Crippen LogP contribution in [0.15, 0.2) is 34.8 Å². The second-order valence-corrected chi connectivity index (χ2v) is 5.96. The predicted octanol–water partition coefficient (Wildman–Crippen LogP) is 4.58. The molecule has 0 aliphatic rings. The molecule has 0 fully saturated rings. The number of hydrogen-bond acceptors (Lipinski definition) is 3. The van der Waals surface area contributed by atoms with Crippen LogP contribution in [0.1, 0.15) is 25.1 Å². The molecule has 112 valence electrons. The van der Waals surface area contributed by atoms with Crippen molar-refractivity contribution in [3.05, 3.63) is 51.9 Å². The molecule has 21 heavy (non-hydrogen) atoms. The van der Waals surface area contributed by atoms with Gasteiger partial charge in [0.2, 0.25) is 5.88 Å². The van der Waals surface area contributed by atoms with Crippen molar-refractivity contribution < 1.29 is 9.13 Å². The lowest BCUT2D eigenvalue weighted by molar-refractivity contribution is 0.453. The van der Waals surface area contributed by atoms with Gasteiger partial charge in [-0.05, 0) is 40.5 Å². The Morgan fingerprint density at radius 1 is 1.29 bits per heavy atom. The van der Waals surface area contributed by atoms with Gasteiger partial charge >= 0.3 is 0 Å². The number of aromatic nitrogens is 1. The Morgan fingerprint density at radius 3 is 2.71 bits per heavy atom. The van der Waals surface area contributed by atoms with E-state index in [4.69, 9.17) is 4.74 Å². The highest BCUT2D eigenvalue weighted by Gasteiger charge is 2.08. The van der Waals surface area contributed by atoms with Crippen LogP contribution >= 0.6 is 15.9 Å². The fraction of sp³-hybridized carbons (Fsp3) is 0.312. The molecule has 0 saturated carbocycles. The van der Waals surface area contributed by atoms with Gasteiger partial charge in [-0.25, -0.2) is 9.37 Å². The lowest BCUT2D eigenvalue weighted by Gasteiger charge is -2.12. The van der Waals surface area contributed by atoms with Gasteiger partial charge in [0.05, 0.1) is 4.47 Å². The summed E-state index contributed by atoms with van der Waals surface area (Å²) in [6, 6.07) is 8.50. The standard InChI is InChI=1S/C16H18BrFN2O/c1-10(2)19-9-12-4-7-16(20-11(12)3)21-15-8-13(18)5-6-14(15)17/h4-8,10,19H,9H2,1-3H3. The van der Waals surface area contributed by atoms with Gasteiger partial charge in [-0.1, -0.05) is 19.9 Å². The minimum atomic E-state index is -0.345. The SMILES string of the molecule is Cc1nc(Oc2cc(F)ccc2Br)ccc1CNC(C)C. The second kappa shape index (κ2) is 7.00. The Bertz CT molecular complexity index is 632. The lowest BCUT2D eigenvalue weighted by Crippen LogP contribution is -2.22. The molecular formula is C16H18BrFN2O. The number of aryl methyl sites for hydroxylation is 1. The van der Waals surface area contributed by atoms with E-state index in [0.717, 1.165) is 17.8 Å². The Hall–Kier alpha value is -1.46. The largest absolute Gasteiger partial charge is 0.438 e. The first kappa shape index (κ1) is 15.9.